The van der Waals surface area contributed by atoms with Crippen LogP contribution in [0.3, 0.4) is 0 Å². The number of hydrogen-bond acceptors (Lipinski definition) is 3. The molecule has 0 aliphatic carbocycles. The highest BCUT2D eigenvalue weighted by Crippen LogP contribution is 2.17. The molecule has 4 nitrogen and oxygen atoms in total. The van der Waals surface area contributed by atoms with E-state index in [1.165, 1.54) is 0 Å². The predicted molar refractivity (Wildman–Crippen MR) is 73.4 cm³/mol. The monoisotopic (exact) mass is 271 g/mol. The molecular weight excluding hydrogens is 250 g/mol. The van der Waals surface area contributed by atoms with E-state index in [1.807, 2.05) is 31.2 Å². The smallest absolute Gasteiger partial charge is 0.211 e. The maximum Gasteiger partial charge on any atom is 0.211 e. The number of methoxy groups -OCH3 is 1. The van der Waals surface area contributed by atoms with Crippen LogP contribution < -0.4 is 9.46 Å². The standard InChI is InChI=1S/C13H21NO3S/c1-3-4-11-18(15,16)14-10-9-12-7-5-6-8-13(12)17-2/h5-8,14H,3-4,9-11H2,1-2H3. The summed E-state index contributed by atoms with van der Waals surface area (Å²) in [5.41, 5.74) is 1.01. The number of nitrogens with one attached hydrogen (secondary N) is 1. The number of sulfonamides is 1. The lowest BCUT2D eigenvalue weighted by Gasteiger charge is -2.09. The summed E-state index contributed by atoms with van der Waals surface area (Å²) in [6.45, 7) is 2.39. The van der Waals surface area contributed by atoms with Crippen LogP contribution in [0.25, 0.3) is 0 Å². The van der Waals surface area contributed by atoms with Gasteiger partial charge in [0, 0.05) is 6.54 Å². The van der Waals surface area contributed by atoms with Crippen molar-refractivity contribution in [3.63, 3.8) is 0 Å². The van der Waals surface area contributed by atoms with E-state index in [4.69, 9.17) is 4.74 Å². The molecule has 0 amide bonds. The molecule has 1 aromatic carbocycles. The van der Waals surface area contributed by atoms with Crippen molar-refractivity contribution < 1.29 is 13.2 Å². The van der Waals surface area contributed by atoms with E-state index in [1.54, 1.807) is 7.11 Å². The van der Waals surface area contributed by atoms with Crippen LogP contribution in [0.4, 0.5) is 0 Å². The molecule has 1 rings (SSSR count). The molecule has 0 saturated heterocycles. The van der Waals surface area contributed by atoms with Gasteiger partial charge in [0.2, 0.25) is 10.0 Å². The van der Waals surface area contributed by atoms with E-state index < -0.39 is 10.0 Å². The van der Waals surface area contributed by atoms with Gasteiger partial charge in [0.25, 0.3) is 0 Å². The molecule has 0 unspecified atom stereocenters. The van der Waals surface area contributed by atoms with Crippen molar-refractivity contribution in [3.05, 3.63) is 29.8 Å². The molecule has 0 heterocycles. The minimum atomic E-state index is -3.12. The molecule has 102 valence electrons. The van der Waals surface area contributed by atoms with Gasteiger partial charge in [-0.25, -0.2) is 13.1 Å². The van der Waals surface area contributed by atoms with E-state index in [9.17, 15) is 8.42 Å². The van der Waals surface area contributed by atoms with Crippen molar-refractivity contribution >= 4 is 10.0 Å². The fourth-order valence-electron chi connectivity index (χ4n) is 1.66. The lowest BCUT2D eigenvalue weighted by molar-refractivity contribution is 0.409. The maximum atomic E-state index is 11.6. The van der Waals surface area contributed by atoms with Gasteiger partial charge in [0.15, 0.2) is 0 Å². The first kappa shape index (κ1) is 15.0. The van der Waals surface area contributed by atoms with Crippen LogP contribution in [0.5, 0.6) is 5.75 Å². The highest BCUT2D eigenvalue weighted by atomic mass is 32.2. The predicted octanol–water partition coefficient (Wildman–Crippen LogP) is 1.96. The van der Waals surface area contributed by atoms with E-state index in [0.717, 1.165) is 17.7 Å². The Hall–Kier alpha value is -1.07. The van der Waals surface area contributed by atoms with Gasteiger partial charge in [0.1, 0.15) is 5.75 Å². The van der Waals surface area contributed by atoms with Crippen molar-refractivity contribution in [1.82, 2.24) is 4.72 Å². The van der Waals surface area contributed by atoms with E-state index in [-0.39, 0.29) is 5.75 Å². The zero-order valence-electron chi connectivity index (χ0n) is 11.0. The Labute approximate surface area is 109 Å². The zero-order valence-corrected chi connectivity index (χ0v) is 11.8. The Morgan fingerprint density at radius 1 is 1.28 bits per heavy atom. The first-order chi connectivity index (χ1) is 8.59. The number of ether oxygens (including phenoxy) is 1. The third kappa shape index (κ3) is 5.06. The highest BCUT2D eigenvalue weighted by Gasteiger charge is 2.09. The van der Waals surface area contributed by atoms with Crippen molar-refractivity contribution in [1.29, 1.82) is 0 Å². The second-order valence-electron chi connectivity index (χ2n) is 4.13. The Kier molecular flexibility index (Phi) is 6.15. The van der Waals surface area contributed by atoms with Gasteiger partial charge < -0.3 is 4.74 Å². The van der Waals surface area contributed by atoms with Crippen LogP contribution in [0.2, 0.25) is 0 Å². The van der Waals surface area contributed by atoms with Crippen LogP contribution in [0.15, 0.2) is 24.3 Å². The molecule has 1 aromatic rings. The molecule has 0 aliphatic rings. The van der Waals surface area contributed by atoms with Crippen LogP contribution in [-0.4, -0.2) is 27.8 Å². The first-order valence-corrected chi connectivity index (χ1v) is 7.83. The first-order valence-electron chi connectivity index (χ1n) is 6.18. The molecule has 0 aliphatic heterocycles. The summed E-state index contributed by atoms with van der Waals surface area (Å²) in [6.07, 6.45) is 2.22. The quantitative estimate of drug-likeness (QED) is 0.786. The fourth-order valence-corrected chi connectivity index (χ4v) is 2.88. The SMILES string of the molecule is CCCCS(=O)(=O)NCCc1ccccc1OC. The minimum absolute atomic E-state index is 0.204. The molecule has 0 bridgehead atoms. The summed E-state index contributed by atoms with van der Waals surface area (Å²) in [4.78, 5) is 0. The third-order valence-corrected chi connectivity index (χ3v) is 4.15. The van der Waals surface area contributed by atoms with Crippen molar-refractivity contribution in [2.45, 2.75) is 26.2 Å². The maximum absolute atomic E-state index is 11.6. The van der Waals surface area contributed by atoms with Crippen molar-refractivity contribution in [2.75, 3.05) is 19.4 Å². The summed E-state index contributed by atoms with van der Waals surface area (Å²) < 4.78 is 31.0. The summed E-state index contributed by atoms with van der Waals surface area (Å²) in [6, 6.07) is 7.64. The van der Waals surface area contributed by atoms with Gasteiger partial charge in [-0.3, -0.25) is 0 Å². The van der Waals surface area contributed by atoms with Crippen molar-refractivity contribution in [3.8, 4) is 5.75 Å². The number of unbranched alkanes of at least 4 members (excludes halogenated alkanes) is 1. The largest absolute Gasteiger partial charge is 0.496 e. The van der Waals surface area contributed by atoms with Gasteiger partial charge in [0.05, 0.1) is 12.9 Å². The van der Waals surface area contributed by atoms with E-state index >= 15 is 0 Å². The molecule has 0 fully saturated rings. The Morgan fingerprint density at radius 3 is 2.67 bits per heavy atom. The van der Waals surface area contributed by atoms with Gasteiger partial charge in [-0.2, -0.15) is 0 Å². The van der Waals surface area contributed by atoms with Crippen LogP contribution in [-0.2, 0) is 16.4 Å². The van der Waals surface area contributed by atoms with E-state index in [0.29, 0.717) is 19.4 Å². The Morgan fingerprint density at radius 2 is 2.00 bits per heavy atom. The molecule has 5 heteroatoms. The topological polar surface area (TPSA) is 55.4 Å². The van der Waals surface area contributed by atoms with Crippen LogP contribution in [0.1, 0.15) is 25.3 Å². The number of rotatable bonds is 8. The molecule has 0 aromatic heterocycles. The van der Waals surface area contributed by atoms with Gasteiger partial charge in [-0.1, -0.05) is 31.5 Å². The summed E-state index contributed by atoms with van der Waals surface area (Å²) in [7, 11) is -1.51. The molecule has 0 atom stereocenters. The number of hydrogen-bond donors (Lipinski definition) is 1. The molecule has 0 radical (unpaired) electrons. The van der Waals surface area contributed by atoms with Crippen molar-refractivity contribution in [2.24, 2.45) is 0 Å². The average molecular weight is 271 g/mol. The highest BCUT2D eigenvalue weighted by molar-refractivity contribution is 7.89. The Balaban J connectivity index is 2.46. The average Bonchev–Trinajstić information content (AvgIpc) is 2.37. The fraction of sp³-hybridized carbons (Fsp3) is 0.538. The molecule has 18 heavy (non-hydrogen) atoms. The second kappa shape index (κ2) is 7.38. The lowest BCUT2D eigenvalue weighted by Crippen LogP contribution is -2.28. The molecule has 0 saturated carbocycles. The molecular formula is C13H21NO3S. The van der Waals surface area contributed by atoms with Gasteiger partial charge in [-0.05, 0) is 24.5 Å². The molecule has 1 N–H and O–H groups in total. The second-order valence-corrected chi connectivity index (χ2v) is 6.06. The Bertz CT molecular complexity index is 457. The summed E-state index contributed by atoms with van der Waals surface area (Å²) in [5, 5.41) is 0. The van der Waals surface area contributed by atoms with E-state index in [2.05, 4.69) is 4.72 Å². The summed E-state index contributed by atoms with van der Waals surface area (Å²) in [5.74, 6) is 1.00. The lowest BCUT2D eigenvalue weighted by atomic mass is 10.1. The normalized spacial score (nSPS) is 11.4. The number of benzene rings is 1. The zero-order chi connectivity index (χ0) is 13.4. The molecule has 0 spiro atoms. The van der Waals surface area contributed by atoms with Crippen LogP contribution in [0, 0.1) is 0 Å². The van der Waals surface area contributed by atoms with Gasteiger partial charge >= 0.3 is 0 Å². The third-order valence-electron chi connectivity index (χ3n) is 2.68. The number of para-hydroxylation sites is 1. The van der Waals surface area contributed by atoms with Gasteiger partial charge in [-0.15, -0.1) is 0 Å². The summed E-state index contributed by atoms with van der Waals surface area (Å²) >= 11 is 0. The minimum Gasteiger partial charge on any atom is -0.496 e. The van der Waals surface area contributed by atoms with Crippen LogP contribution >= 0.6 is 0 Å².